The highest BCUT2D eigenvalue weighted by Crippen LogP contribution is 2.54. The summed E-state index contributed by atoms with van der Waals surface area (Å²) in [4.78, 5) is 78.2. The number of fused-ring (bicyclic) bond motifs is 5. The van der Waals surface area contributed by atoms with Crippen LogP contribution in [0.1, 0.15) is 83.8 Å². The first kappa shape index (κ1) is 41.2. The van der Waals surface area contributed by atoms with Crippen molar-refractivity contribution in [1.29, 1.82) is 0 Å². The van der Waals surface area contributed by atoms with E-state index in [4.69, 9.17) is 28.8 Å². The van der Waals surface area contributed by atoms with Crippen LogP contribution in [-0.4, -0.2) is 98.1 Å². The lowest BCUT2D eigenvalue weighted by Crippen LogP contribution is -2.56. The van der Waals surface area contributed by atoms with Gasteiger partial charge < -0.3 is 44.3 Å². The van der Waals surface area contributed by atoms with Crippen LogP contribution in [0.5, 0.6) is 0 Å². The first-order valence-electron chi connectivity index (χ1n) is 21.7. The molecule has 6 atom stereocenters. The number of aromatic nitrogens is 5. The van der Waals surface area contributed by atoms with Crippen molar-refractivity contribution < 1.29 is 33.1 Å². The lowest BCUT2D eigenvalue weighted by Gasteiger charge is -2.40. The van der Waals surface area contributed by atoms with Crippen LogP contribution in [-0.2, 0) is 30.1 Å². The fraction of sp³-hybridized carbons (Fsp3) is 0.500. The molecule has 4 amide bonds. The lowest BCUT2D eigenvalue weighted by molar-refractivity contribution is -0.141. The molecule has 2 aromatic carbocycles. The number of nitrogens with zero attached hydrogens (tertiary/aromatic N) is 5. The number of alkyl carbamates (subject to hydrolysis) is 2. The molecule has 4 N–H and O–H groups in total. The third-order valence-corrected chi connectivity index (χ3v) is 13.9. The summed E-state index contributed by atoms with van der Waals surface area (Å²) < 4.78 is 15.9. The van der Waals surface area contributed by atoms with Gasteiger partial charge in [0.2, 0.25) is 11.8 Å². The summed E-state index contributed by atoms with van der Waals surface area (Å²) in [5.74, 6) is 2.24. The summed E-state index contributed by atoms with van der Waals surface area (Å²) in [6.07, 6.45) is 7.73. The van der Waals surface area contributed by atoms with E-state index in [0.29, 0.717) is 47.6 Å². The van der Waals surface area contributed by atoms with Crippen molar-refractivity contribution in [3.8, 4) is 33.6 Å². The summed E-state index contributed by atoms with van der Waals surface area (Å²) in [5, 5.41) is 5.51. The number of piperidine rings is 2. The van der Waals surface area contributed by atoms with Crippen LogP contribution in [0.3, 0.4) is 0 Å². The van der Waals surface area contributed by atoms with Gasteiger partial charge in [-0.25, -0.2) is 24.5 Å². The molecule has 4 fully saturated rings. The molecular formula is C46H55N9O7. The number of carbonyl (C=O) groups is 4. The fourth-order valence-electron chi connectivity index (χ4n) is 10.7. The maximum atomic E-state index is 14.1. The van der Waals surface area contributed by atoms with Crippen molar-refractivity contribution in [2.24, 2.45) is 23.7 Å². The number of likely N-dealkylation sites (tertiary alicyclic amines) is 2. The highest BCUT2D eigenvalue weighted by Gasteiger charge is 2.58. The molecule has 16 heteroatoms. The number of imidazole rings is 2. The molecular weight excluding hydrogens is 791 g/mol. The van der Waals surface area contributed by atoms with E-state index >= 15 is 0 Å². The average Bonchev–Trinajstić information content (AvgIpc) is 4.13. The number of ether oxygens (including phenoxy) is 2. The monoisotopic (exact) mass is 845 g/mol. The predicted molar refractivity (Wildman–Crippen MR) is 229 cm³/mol. The number of H-pyrrole nitrogens is 2. The van der Waals surface area contributed by atoms with Gasteiger partial charge in [-0.15, -0.1) is 0 Å². The minimum atomic E-state index is -0.722. The molecule has 2 saturated heterocycles. The van der Waals surface area contributed by atoms with E-state index in [2.05, 4.69) is 32.7 Å². The zero-order valence-corrected chi connectivity index (χ0v) is 36.3. The van der Waals surface area contributed by atoms with Crippen molar-refractivity contribution in [3.05, 3.63) is 66.3 Å². The molecule has 5 heterocycles. The number of rotatable bonds is 11. The molecule has 2 aliphatic carbocycles. The van der Waals surface area contributed by atoms with Crippen LogP contribution < -0.4 is 10.6 Å². The molecule has 0 radical (unpaired) electrons. The average molecular weight is 846 g/mol. The van der Waals surface area contributed by atoms with E-state index in [1.165, 1.54) is 14.2 Å². The second-order valence-corrected chi connectivity index (χ2v) is 18.3. The summed E-state index contributed by atoms with van der Waals surface area (Å²) in [6.45, 7) is 10.7. The van der Waals surface area contributed by atoms with Gasteiger partial charge in [0.25, 0.3) is 0 Å². The van der Waals surface area contributed by atoms with Gasteiger partial charge in [0.15, 0.2) is 11.5 Å². The van der Waals surface area contributed by atoms with E-state index in [0.717, 1.165) is 78.1 Å². The van der Waals surface area contributed by atoms with Crippen molar-refractivity contribution >= 4 is 35.1 Å². The molecule has 9 rings (SSSR count). The smallest absolute Gasteiger partial charge is 0.407 e. The summed E-state index contributed by atoms with van der Waals surface area (Å²) in [7, 11) is 2.60. The molecule has 326 valence electrons. The number of oxazole rings is 1. The Bertz CT molecular complexity index is 2540. The zero-order valence-electron chi connectivity index (χ0n) is 36.3. The van der Waals surface area contributed by atoms with Crippen LogP contribution in [0.4, 0.5) is 9.59 Å². The standard InChI is InChI=1S/C46H55N9O7/c1-24(2)35(52-43(58)60-6)39(56)54-22-27-14-16-45(54,18-27)41-47-20-33(50-41)30-10-8-29(9-11-30)31-12-13-32(38-37(31)49-26(5)62-38)34-21-48-42(51-34)46-17-15-28(19-46)23-55(46)40(57)36(25(3)4)53-44(59)61-7/h8-13,20-21,24-25,27-28,35-36H,14-19,22-23H2,1-7H3,(H,47,50)(H,48,51)(H,52,58)(H,53,59)/t27-,28-,35+,36+,45+,46+/m1/s1. The van der Waals surface area contributed by atoms with Gasteiger partial charge >= 0.3 is 12.2 Å². The number of benzene rings is 2. The molecule has 4 aliphatic rings. The topological polar surface area (TPSA) is 201 Å². The maximum Gasteiger partial charge on any atom is 0.407 e. The van der Waals surface area contributed by atoms with E-state index < -0.39 is 35.3 Å². The molecule has 16 nitrogen and oxygen atoms in total. The van der Waals surface area contributed by atoms with Crippen molar-refractivity contribution in [2.75, 3.05) is 27.3 Å². The molecule has 62 heavy (non-hydrogen) atoms. The zero-order chi connectivity index (χ0) is 43.7. The number of carbonyl (C=O) groups excluding carboxylic acids is 4. The molecule has 2 saturated carbocycles. The summed E-state index contributed by atoms with van der Waals surface area (Å²) in [5.41, 5.74) is 5.21. The van der Waals surface area contributed by atoms with E-state index in [1.807, 2.05) is 81.1 Å². The Hall–Kier alpha value is -6.19. The second-order valence-electron chi connectivity index (χ2n) is 18.3. The highest BCUT2D eigenvalue weighted by atomic mass is 16.5. The maximum absolute atomic E-state index is 14.1. The third-order valence-electron chi connectivity index (χ3n) is 13.9. The number of hydrogen-bond acceptors (Lipinski definition) is 10. The van der Waals surface area contributed by atoms with Crippen LogP contribution >= 0.6 is 0 Å². The van der Waals surface area contributed by atoms with Crippen molar-refractivity contribution in [1.82, 2.24) is 45.4 Å². The number of methoxy groups -OCH3 is 2. The molecule has 2 aliphatic heterocycles. The quantitative estimate of drug-likeness (QED) is 0.107. The summed E-state index contributed by atoms with van der Waals surface area (Å²) >= 11 is 0. The number of hydrogen-bond donors (Lipinski definition) is 4. The normalized spacial score (nSPS) is 23.7. The minimum Gasteiger partial charge on any atom is -0.453 e. The first-order valence-corrected chi connectivity index (χ1v) is 21.7. The Morgan fingerprint density at radius 1 is 0.710 bits per heavy atom. The number of aromatic amines is 2. The Labute approximate surface area is 359 Å². The predicted octanol–water partition coefficient (Wildman–Crippen LogP) is 7.02. The summed E-state index contributed by atoms with van der Waals surface area (Å²) in [6, 6.07) is 10.8. The van der Waals surface area contributed by atoms with Crippen LogP contribution in [0.2, 0.25) is 0 Å². The highest BCUT2D eigenvalue weighted by molar-refractivity contribution is 5.99. The fourth-order valence-corrected chi connectivity index (χ4v) is 10.7. The second kappa shape index (κ2) is 15.6. The van der Waals surface area contributed by atoms with Crippen LogP contribution in [0, 0.1) is 30.6 Å². The van der Waals surface area contributed by atoms with Gasteiger partial charge in [-0.05, 0) is 73.8 Å². The van der Waals surface area contributed by atoms with Crippen LogP contribution in [0.25, 0.3) is 44.7 Å². The lowest BCUT2D eigenvalue weighted by atomic mass is 9.93. The number of aryl methyl sites for hydroxylation is 1. The van der Waals surface area contributed by atoms with Gasteiger partial charge in [0, 0.05) is 49.1 Å². The molecule has 0 spiro atoms. The molecule has 0 unspecified atom stereocenters. The minimum absolute atomic E-state index is 0.117. The van der Waals surface area contributed by atoms with Crippen LogP contribution in [0.15, 0.2) is 53.2 Å². The van der Waals surface area contributed by atoms with E-state index in [9.17, 15) is 19.2 Å². The number of nitrogens with one attached hydrogen (secondary N) is 4. The van der Waals surface area contributed by atoms with E-state index in [-0.39, 0.29) is 23.7 Å². The van der Waals surface area contributed by atoms with Gasteiger partial charge in [-0.3, -0.25) is 9.59 Å². The van der Waals surface area contributed by atoms with Crippen molar-refractivity contribution in [2.45, 2.75) is 96.3 Å². The first-order chi connectivity index (χ1) is 29.7. The molecule has 5 aromatic rings. The molecule has 3 aromatic heterocycles. The van der Waals surface area contributed by atoms with Gasteiger partial charge in [-0.2, -0.15) is 0 Å². The SMILES string of the molecule is COC(=O)N[C@H](C(=O)N1C[C@@H]2CC[C@@]1(c1nc(-c3ccc(-c4ccc(-c5c[nH]c([C@@]67CC[C@@H](CN6C(=O)[C@@H](NC(=O)OC)C(C)C)C7)n5)c5oc(C)nc45)cc3)c[nH]1)C2)C(C)C. The Balaban J connectivity index is 0.965. The molecule has 4 bridgehead atoms. The van der Waals surface area contributed by atoms with Gasteiger partial charge in [-0.1, -0.05) is 58.0 Å². The van der Waals surface area contributed by atoms with E-state index in [1.54, 1.807) is 0 Å². The van der Waals surface area contributed by atoms with Crippen molar-refractivity contribution in [3.63, 3.8) is 0 Å². The van der Waals surface area contributed by atoms with Gasteiger partial charge in [0.05, 0.1) is 25.6 Å². The third kappa shape index (κ3) is 6.78. The Morgan fingerprint density at radius 2 is 1.19 bits per heavy atom. The largest absolute Gasteiger partial charge is 0.453 e. The van der Waals surface area contributed by atoms with Gasteiger partial charge in [0.1, 0.15) is 40.3 Å². The number of amides is 4. The Morgan fingerprint density at radius 3 is 1.69 bits per heavy atom. The Kier molecular flexibility index (Phi) is 10.4.